The van der Waals surface area contributed by atoms with Crippen molar-refractivity contribution in [2.45, 2.75) is 20.3 Å². The van der Waals surface area contributed by atoms with Crippen LogP contribution in [0.5, 0.6) is 0 Å². The summed E-state index contributed by atoms with van der Waals surface area (Å²) in [5.41, 5.74) is 1.34. The number of anilines is 2. The summed E-state index contributed by atoms with van der Waals surface area (Å²) < 4.78 is 24.3. The van der Waals surface area contributed by atoms with Gasteiger partial charge in [-0.15, -0.1) is 0 Å². The van der Waals surface area contributed by atoms with Gasteiger partial charge in [0.15, 0.2) is 5.11 Å². The Morgan fingerprint density at radius 2 is 2.05 bits per heavy atom. The van der Waals surface area contributed by atoms with Gasteiger partial charge in [0.2, 0.25) is 10.0 Å². The monoisotopic (exact) mass is 329 g/mol. The Kier molecular flexibility index (Phi) is 6.42. The number of benzene rings is 1. The van der Waals surface area contributed by atoms with Gasteiger partial charge in [0.05, 0.1) is 11.9 Å². The van der Waals surface area contributed by atoms with E-state index in [1.165, 1.54) is 17.6 Å². The molecule has 0 bridgehead atoms. The zero-order valence-corrected chi connectivity index (χ0v) is 14.5. The molecule has 0 aliphatic rings. The third-order valence-corrected chi connectivity index (χ3v) is 4.42. The van der Waals surface area contributed by atoms with Crippen LogP contribution in [0, 0.1) is 5.92 Å². The number of thiocarbonyl (C=S) groups is 1. The quantitative estimate of drug-likeness (QED) is 0.785. The van der Waals surface area contributed by atoms with Gasteiger partial charge in [-0.1, -0.05) is 19.9 Å². The Balaban J connectivity index is 2.67. The largest absolute Gasteiger partial charge is 0.362 e. The maximum Gasteiger partial charge on any atom is 0.231 e. The lowest BCUT2D eigenvalue weighted by molar-refractivity contribution is 0.579. The van der Waals surface area contributed by atoms with Gasteiger partial charge < -0.3 is 10.6 Å². The maximum atomic E-state index is 11.5. The van der Waals surface area contributed by atoms with Crippen molar-refractivity contribution in [1.29, 1.82) is 0 Å². The highest BCUT2D eigenvalue weighted by atomic mass is 32.2. The molecule has 0 unspecified atom stereocenters. The second kappa shape index (κ2) is 7.61. The molecule has 2 N–H and O–H groups in total. The number of nitrogens with one attached hydrogen (secondary N) is 2. The van der Waals surface area contributed by atoms with Crippen LogP contribution >= 0.6 is 12.2 Å². The van der Waals surface area contributed by atoms with Crippen molar-refractivity contribution in [2.75, 3.05) is 29.5 Å². The summed E-state index contributed by atoms with van der Waals surface area (Å²) in [6.45, 7) is 5.12. The van der Waals surface area contributed by atoms with Gasteiger partial charge in [0.25, 0.3) is 0 Å². The van der Waals surface area contributed by atoms with E-state index < -0.39 is 10.0 Å². The predicted octanol–water partition coefficient (Wildman–Crippen LogP) is 2.41. The molecule has 7 heteroatoms. The molecule has 0 aliphatic carbocycles. The average molecular weight is 329 g/mol. The van der Waals surface area contributed by atoms with E-state index in [-0.39, 0.29) is 0 Å². The number of hydrogen-bond acceptors (Lipinski definition) is 3. The van der Waals surface area contributed by atoms with Gasteiger partial charge in [-0.25, -0.2) is 8.42 Å². The van der Waals surface area contributed by atoms with Crippen LogP contribution < -0.4 is 14.9 Å². The van der Waals surface area contributed by atoms with Crippen molar-refractivity contribution >= 4 is 38.7 Å². The number of nitrogens with zero attached hydrogens (tertiary/aromatic N) is 1. The standard InChI is InChI=1S/C14H23N3O2S2/c1-11(2)8-9-15-14(20)16-12-6-5-7-13(10-12)17(3)21(4,18)19/h5-7,10-11H,8-9H2,1-4H3,(H2,15,16,20). The minimum Gasteiger partial charge on any atom is -0.362 e. The normalized spacial score (nSPS) is 11.3. The van der Waals surface area contributed by atoms with Crippen molar-refractivity contribution in [3.8, 4) is 0 Å². The van der Waals surface area contributed by atoms with Crippen LogP contribution in [0.15, 0.2) is 24.3 Å². The maximum absolute atomic E-state index is 11.5. The SMILES string of the molecule is CC(C)CCNC(=S)Nc1cccc(N(C)S(C)(=O)=O)c1. The summed E-state index contributed by atoms with van der Waals surface area (Å²) in [5.74, 6) is 0.618. The number of sulfonamides is 1. The molecule has 0 aromatic heterocycles. The molecule has 1 rings (SSSR count). The summed E-state index contributed by atoms with van der Waals surface area (Å²) in [6.07, 6.45) is 2.21. The van der Waals surface area contributed by atoms with E-state index in [1.807, 2.05) is 6.07 Å². The predicted molar refractivity (Wildman–Crippen MR) is 93.4 cm³/mol. The van der Waals surface area contributed by atoms with Crippen molar-refractivity contribution in [3.05, 3.63) is 24.3 Å². The van der Waals surface area contributed by atoms with Crippen molar-refractivity contribution in [3.63, 3.8) is 0 Å². The lowest BCUT2D eigenvalue weighted by atomic mass is 10.1. The van der Waals surface area contributed by atoms with E-state index >= 15 is 0 Å². The first-order valence-corrected chi connectivity index (χ1v) is 9.04. The average Bonchev–Trinajstić information content (AvgIpc) is 2.36. The summed E-state index contributed by atoms with van der Waals surface area (Å²) in [4.78, 5) is 0. The zero-order valence-electron chi connectivity index (χ0n) is 12.9. The van der Waals surface area contributed by atoms with E-state index in [4.69, 9.17) is 12.2 Å². The third-order valence-electron chi connectivity index (χ3n) is 2.97. The smallest absolute Gasteiger partial charge is 0.231 e. The highest BCUT2D eigenvalue weighted by molar-refractivity contribution is 7.92. The van der Waals surface area contributed by atoms with Crippen LogP contribution in [-0.2, 0) is 10.0 Å². The van der Waals surface area contributed by atoms with Crippen LogP contribution in [0.25, 0.3) is 0 Å². The van der Waals surface area contributed by atoms with Gasteiger partial charge in [-0.3, -0.25) is 4.31 Å². The molecular weight excluding hydrogens is 306 g/mol. The van der Waals surface area contributed by atoms with E-state index in [9.17, 15) is 8.42 Å². The molecule has 0 aliphatic heterocycles. The van der Waals surface area contributed by atoms with Gasteiger partial charge in [-0.05, 0) is 42.8 Å². The number of rotatable bonds is 6. The summed E-state index contributed by atoms with van der Waals surface area (Å²) >= 11 is 5.22. The lowest BCUT2D eigenvalue weighted by Gasteiger charge is -2.18. The molecule has 0 saturated carbocycles. The molecule has 0 radical (unpaired) electrons. The fourth-order valence-corrected chi connectivity index (χ4v) is 2.34. The molecule has 118 valence electrons. The second-order valence-corrected chi connectivity index (χ2v) is 7.77. The summed E-state index contributed by atoms with van der Waals surface area (Å²) in [6, 6.07) is 7.12. The Labute approximate surface area is 132 Å². The number of hydrogen-bond donors (Lipinski definition) is 2. The minimum atomic E-state index is -3.27. The molecule has 21 heavy (non-hydrogen) atoms. The van der Waals surface area contributed by atoms with Gasteiger partial charge >= 0.3 is 0 Å². The Morgan fingerprint density at radius 1 is 1.38 bits per heavy atom. The summed E-state index contributed by atoms with van der Waals surface area (Å²) in [7, 11) is -1.75. The van der Waals surface area contributed by atoms with E-state index in [0.717, 1.165) is 18.7 Å². The fourth-order valence-electron chi connectivity index (χ4n) is 1.62. The molecule has 1 aromatic rings. The van der Waals surface area contributed by atoms with Crippen LogP contribution in [0.3, 0.4) is 0 Å². The van der Waals surface area contributed by atoms with Crippen molar-refractivity contribution < 1.29 is 8.42 Å². The van der Waals surface area contributed by atoms with E-state index in [2.05, 4.69) is 24.5 Å². The van der Waals surface area contributed by atoms with Crippen LogP contribution in [-0.4, -0.2) is 33.4 Å². The van der Waals surface area contributed by atoms with Crippen LogP contribution in [0.4, 0.5) is 11.4 Å². The van der Waals surface area contributed by atoms with Crippen molar-refractivity contribution in [2.24, 2.45) is 5.92 Å². The summed E-state index contributed by atoms with van der Waals surface area (Å²) in [5, 5.41) is 6.73. The highest BCUT2D eigenvalue weighted by Gasteiger charge is 2.12. The lowest BCUT2D eigenvalue weighted by Crippen LogP contribution is -2.30. The topological polar surface area (TPSA) is 61.4 Å². The van der Waals surface area contributed by atoms with Crippen LogP contribution in [0.1, 0.15) is 20.3 Å². The molecule has 0 fully saturated rings. The van der Waals surface area contributed by atoms with Gasteiger partial charge in [0, 0.05) is 19.3 Å². The molecule has 0 saturated heterocycles. The molecule has 5 nitrogen and oxygen atoms in total. The zero-order chi connectivity index (χ0) is 16.0. The fraction of sp³-hybridized carbons (Fsp3) is 0.500. The van der Waals surface area contributed by atoms with E-state index in [1.54, 1.807) is 18.2 Å². The Bertz CT molecular complexity index is 586. The first-order chi connectivity index (χ1) is 9.70. The molecule has 0 amide bonds. The molecular formula is C14H23N3O2S2. The Morgan fingerprint density at radius 3 is 2.62 bits per heavy atom. The molecule has 0 heterocycles. The third kappa shape index (κ3) is 6.31. The first-order valence-electron chi connectivity index (χ1n) is 6.79. The minimum absolute atomic E-state index is 0.537. The van der Waals surface area contributed by atoms with Crippen molar-refractivity contribution in [1.82, 2.24) is 5.32 Å². The highest BCUT2D eigenvalue weighted by Crippen LogP contribution is 2.20. The molecule has 1 aromatic carbocycles. The van der Waals surface area contributed by atoms with Crippen LogP contribution in [0.2, 0.25) is 0 Å². The van der Waals surface area contributed by atoms with Gasteiger partial charge in [0.1, 0.15) is 0 Å². The molecule has 0 spiro atoms. The van der Waals surface area contributed by atoms with E-state index in [0.29, 0.717) is 16.7 Å². The Hall–Kier alpha value is -1.34. The molecule has 0 atom stereocenters. The van der Waals surface area contributed by atoms with Gasteiger partial charge in [-0.2, -0.15) is 0 Å². The first kappa shape index (κ1) is 17.7. The second-order valence-electron chi connectivity index (χ2n) is 5.34.